The molecule has 3 rings (SSSR count). The molecule has 2 aromatic rings. The topological polar surface area (TPSA) is 55.3 Å². The van der Waals surface area contributed by atoms with Crippen molar-refractivity contribution in [3.05, 3.63) is 64.8 Å². The number of hydrogen-bond acceptors (Lipinski definition) is 6. The summed E-state index contributed by atoms with van der Waals surface area (Å²) >= 11 is 0. The van der Waals surface area contributed by atoms with Crippen molar-refractivity contribution in [2.24, 2.45) is 4.99 Å². The highest BCUT2D eigenvalue weighted by Gasteiger charge is 2.25. The number of benzene rings is 2. The van der Waals surface area contributed by atoms with Crippen molar-refractivity contribution in [1.29, 1.82) is 0 Å². The van der Waals surface area contributed by atoms with E-state index >= 15 is 0 Å². The number of nitrogens with one attached hydrogen (secondary N) is 1. The van der Waals surface area contributed by atoms with Crippen LogP contribution in [0.25, 0.3) is 0 Å². The molecule has 1 aliphatic heterocycles. The molecule has 0 bridgehead atoms. The standard InChI is InChI=1S/C23H26F3N3O3/c1-6-17-21(32-5)12-29(11-14-8-15(24)22(26)16(25)9-14)23(27-17)28-18-10-20(31-4)19(30-3)7-13(18)2/h7-10,12,17H,6,11H2,1-5H3,(H,27,28). The highest BCUT2D eigenvalue weighted by molar-refractivity contribution is 5.96. The molecule has 0 radical (unpaired) electrons. The molecule has 0 aliphatic carbocycles. The monoisotopic (exact) mass is 449 g/mol. The zero-order chi connectivity index (χ0) is 23.4. The summed E-state index contributed by atoms with van der Waals surface area (Å²) < 4.78 is 57.1. The van der Waals surface area contributed by atoms with Gasteiger partial charge in [-0.3, -0.25) is 0 Å². The van der Waals surface area contributed by atoms with Crippen LogP contribution in [0, 0.1) is 24.4 Å². The normalized spacial score (nSPS) is 15.8. The van der Waals surface area contributed by atoms with Crippen LogP contribution in [0.15, 0.2) is 41.2 Å². The van der Waals surface area contributed by atoms with Gasteiger partial charge in [0.1, 0.15) is 11.8 Å². The summed E-state index contributed by atoms with van der Waals surface area (Å²) in [5.41, 5.74) is 1.83. The number of anilines is 1. The first kappa shape index (κ1) is 23.3. The van der Waals surface area contributed by atoms with E-state index in [9.17, 15) is 13.2 Å². The molecule has 9 heteroatoms. The first-order chi connectivity index (χ1) is 15.3. The Balaban J connectivity index is 1.98. The van der Waals surface area contributed by atoms with E-state index in [4.69, 9.17) is 19.2 Å². The number of nitrogens with zero attached hydrogens (tertiary/aromatic N) is 2. The van der Waals surface area contributed by atoms with Crippen LogP contribution < -0.4 is 14.8 Å². The Morgan fingerprint density at radius 1 is 0.969 bits per heavy atom. The summed E-state index contributed by atoms with van der Waals surface area (Å²) in [6.45, 7) is 3.91. The zero-order valence-corrected chi connectivity index (χ0v) is 18.6. The Morgan fingerprint density at radius 2 is 1.59 bits per heavy atom. The second kappa shape index (κ2) is 9.84. The number of ether oxygens (including phenoxy) is 3. The fraction of sp³-hybridized carbons (Fsp3) is 0.348. The molecule has 1 atom stereocenters. The van der Waals surface area contributed by atoms with Crippen LogP contribution in [0.3, 0.4) is 0 Å². The molecule has 32 heavy (non-hydrogen) atoms. The molecule has 1 aliphatic rings. The highest BCUT2D eigenvalue weighted by Crippen LogP contribution is 2.33. The minimum atomic E-state index is -1.50. The fourth-order valence-corrected chi connectivity index (χ4v) is 3.42. The average Bonchev–Trinajstić information content (AvgIpc) is 2.78. The lowest BCUT2D eigenvalue weighted by molar-refractivity contribution is 0.248. The summed E-state index contributed by atoms with van der Waals surface area (Å²) in [6.07, 6.45) is 2.40. The van der Waals surface area contributed by atoms with Gasteiger partial charge in [0.2, 0.25) is 5.96 Å². The van der Waals surface area contributed by atoms with E-state index in [1.54, 1.807) is 31.4 Å². The third-order valence-electron chi connectivity index (χ3n) is 5.16. The summed E-state index contributed by atoms with van der Waals surface area (Å²) in [7, 11) is 4.64. The van der Waals surface area contributed by atoms with Crippen LogP contribution in [0.2, 0.25) is 0 Å². The highest BCUT2D eigenvalue weighted by atomic mass is 19.2. The van der Waals surface area contributed by atoms with Crippen LogP contribution in [0.4, 0.5) is 18.9 Å². The van der Waals surface area contributed by atoms with Gasteiger partial charge in [-0.05, 0) is 42.7 Å². The van der Waals surface area contributed by atoms with Gasteiger partial charge >= 0.3 is 0 Å². The Morgan fingerprint density at radius 3 is 2.16 bits per heavy atom. The van der Waals surface area contributed by atoms with E-state index < -0.39 is 17.5 Å². The van der Waals surface area contributed by atoms with Crippen LogP contribution in [-0.2, 0) is 11.3 Å². The van der Waals surface area contributed by atoms with Crippen LogP contribution in [0.1, 0.15) is 24.5 Å². The molecule has 1 N–H and O–H groups in total. The van der Waals surface area contributed by atoms with Crippen LogP contribution >= 0.6 is 0 Å². The Kier molecular flexibility index (Phi) is 7.17. The summed E-state index contributed by atoms with van der Waals surface area (Å²) in [5.74, 6) is -1.83. The largest absolute Gasteiger partial charge is 0.497 e. The molecule has 0 fully saturated rings. The van der Waals surface area contributed by atoms with Crippen molar-refractivity contribution >= 4 is 11.6 Å². The SMILES string of the molecule is CCC1N=C(Nc2cc(OC)c(OC)cc2C)N(Cc2cc(F)c(F)c(F)c2)C=C1OC. The Bertz CT molecular complexity index is 1030. The smallest absolute Gasteiger partial charge is 0.203 e. The first-order valence-corrected chi connectivity index (χ1v) is 10.0. The average molecular weight is 449 g/mol. The zero-order valence-electron chi connectivity index (χ0n) is 18.6. The quantitative estimate of drug-likeness (QED) is 0.605. The summed E-state index contributed by atoms with van der Waals surface area (Å²) in [6, 6.07) is 5.30. The molecule has 0 amide bonds. The van der Waals surface area contributed by atoms with E-state index in [0.717, 1.165) is 17.7 Å². The molecule has 1 heterocycles. The summed E-state index contributed by atoms with van der Waals surface area (Å²) in [5, 5.41) is 3.27. The van der Waals surface area contributed by atoms with E-state index in [0.29, 0.717) is 35.3 Å². The Labute approximate surface area is 185 Å². The van der Waals surface area contributed by atoms with Crippen molar-refractivity contribution in [2.45, 2.75) is 32.9 Å². The lowest BCUT2D eigenvalue weighted by Crippen LogP contribution is -2.38. The third kappa shape index (κ3) is 4.76. The number of aryl methyl sites for hydroxylation is 1. The van der Waals surface area contributed by atoms with E-state index in [1.165, 1.54) is 7.11 Å². The first-order valence-electron chi connectivity index (χ1n) is 10.0. The van der Waals surface area contributed by atoms with Gasteiger partial charge in [0.15, 0.2) is 29.0 Å². The molecule has 2 aromatic carbocycles. The number of methoxy groups -OCH3 is 3. The molecule has 0 aromatic heterocycles. The van der Waals surface area contributed by atoms with Crippen molar-refractivity contribution in [3.63, 3.8) is 0 Å². The van der Waals surface area contributed by atoms with Crippen LogP contribution in [0.5, 0.6) is 11.5 Å². The van der Waals surface area contributed by atoms with Crippen molar-refractivity contribution in [2.75, 3.05) is 26.6 Å². The van der Waals surface area contributed by atoms with Gasteiger partial charge in [-0.25, -0.2) is 18.2 Å². The second-order valence-electron chi connectivity index (χ2n) is 7.26. The second-order valence-corrected chi connectivity index (χ2v) is 7.26. The fourth-order valence-electron chi connectivity index (χ4n) is 3.42. The van der Waals surface area contributed by atoms with Gasteiger partial charge in [-0.2, -0.15) is 0 Å². The molecule has 0 saturated heterocycles. The molecular formula is C23H26F3N3O3. The number of aliphatic imine (C=N–C) groups is 1. The number of rotatable bonds is 7. The minimum absolute atomic E-state index is 0.0373. The van der Waals surface area contributed by atoms with Crippen molar-refractivity contribution < 1.29 is 27.4 Å². The predicted molar refractivity (Wildman–Crippen MR) is 116 cm³/mol. The predicted octanol–water partition coefficient (Wildman–Crippen LogP) is 4.98. The maximum Gasteiger partial charge on any atom is 0.203 e. The number of hydrogen-bond donors (Lipinski definition) is 1. The maximum atomic E-state index is 13.8. The minimum Gasteiger partial charge on any atom is -0.497 e. The molecule has 6 nitrogen and oxygen atoms in total. The number of halogens is 3. The lowest BCUT2D eigenvalue weighted by Gasteiger charge is -2.31. The molecule has 0 spiro atoms. The maximum absolute atomic E-state index is 13.8. The van der Waals surface area contributed by atoms with Gasteiger partial charge in [-0.1, -0.05) is 6.92 Å². The summed E-state index contributed by atoms with van der Waals surface area (Å²) in [4.78, 5) is 6.39. The van der Waals surface area contributed by atoms with Gasteiger partial charge in [0.05, 0.1) is 27.9 Å². The third-order valence-corrected chi connectivity index (χ3v) is 5.16. The van der Waals surface area contributed by atoms with Crippen LogP contribution in [-0.4, -0.2) is 38.2 Å². The van der Waals surface area contributed by atoms with E-state index in [2.05, 4.69) is 5.32 Å². The molecule has 0 saturated carbocycles. The van der Waals surface area contributed by atoms with Crippen molar-refractivity contribution in [1.82, 2.24) is 4.90 Å². The molecule has 1 unspecified atom stereocenters. The van der Waals surface area contributed by atoms with Gasteiger partial charge < -0.3 is 24.4 Å². The van der Waals surface area contributed by atoms with Gasteiger partial charge in [0.25, 0.3) is 0 Å². The number of guanidine groups is 1. The van der Waals surface area contributed by atoms with Gasteiger partial charge in [0, 0.05) is 18.0 Å². The lowest BCUT2D eigenvalue weighted by atomic mass is 10.1. The van der Waals surface area contributed by atoms with E-state index in [-0.39, 0.29) is 18.2 Å². The van der Waals surface area contributed by atoms with Crippen molar-refractivity contribution in [3.8, 4) is 11.5 Å². The van der Waals surface area contributed by atoms with E-state index in [1.807, 2.05) is 19.9 Å². The molecule has 172 valence electrons. The Hall–Kier alpha value is -3.36. The molecular weight excluding hydrogens is 423 g/mol. The van der Waals surface area contributed by atoms with Gasteiger partial charge in [-0.15, -0.1) is 0 Å².